The van der Waals surface area contributed by atoms with Crippen molar-refractivity contribution in [2.45, 2.75) is 52.2 Å². The minimum absolute atomic E-state index is 0.139. The summed E-state index contributed by atoms with van der Waals surface area (Å²) in [5, 5.41) is 8.72. The van der Waals surface area contributed by atoms with Crippen molar-refractivity contribution >= 4 is 5.97 Å². The first-order chi connectivity index (χ1) is 6.49. The van der Waals surface area contributed by atoms with Crippen LogP contribution in [0, 0.1) is 11.8 Å². The third-order valence-corrected chi connectivity index (χ3v) is 2.88. The molecule has 0 aliphatic heterocycles. The molecule has 0 aromatic carbocycles. The second-order valence-corrected chi connectivity index (χ2v) is 4.66. The molecule has 0 radical (unpaired) electrons. The molecule has 14 heavy (non-hydrogen) atoms. The second-order valence-electron chi connectivity index (χ2n) is 4.66. The Hall–Kier alpha value is -0.570. The highest BCUT2D eigenvalue weighted by molar-refractivity contribution is 5.71. The Morgan fingerprint density at radius 1 is 1.29 bits per heavy atom. The molecule has 82 valence electrons. The van der Waals surface area contributed by atoms with E-state index in [9.17, 15) is 4.79 Å². The first-order valence-electron chi connectivity index (χ1n) is 5.37. The lowest BCUT2D eigenvalue weighted by Gasteiger charge is -2.32. The molecule has 3 atom stereocenters. The maximum Gasteiger partial charge on any atom is 0.332 e. The van der Waals surface area contributed by atoms with Gasteiger partial charge in [-0.3, -0.25) is 0 Å². The lowest BCUT2D eigenvalue weighted by molar-refractivity contribution is -0.155. The number of ether oxygens (including phenoxy) is 1. The average molecular weight is 200 g/mol. The molecule has 1 N–H and O–H groups in total. The van der Waals surface area contributed by atoms with Crippen LogP contribution in [0.4, 0.5) is 0 Å². The van der Waals surface area contributed by atoms with Gasteiger partial charge in [0.05, 0.1) is 6.10 Å². The van der Waals surface area contributed by atoms with Crippen LogP contribution in [0.2, 0.25) is 0 Å². The van der Waals surface area contributed by atoms with Crippen molar-refractivity contribution in [3.8, 4) is 0 Å². The number of carbonyl (C=O) groups is 1. The molecule has 3 heteroatoms. The van der Waals surface area contributed by atoms with Gasteiger partial charge in [0.2, 0.25) is 0 Å². The van der Waals surface area contributed by atoms with Gasteiger partial charge in [-0.1, -0.05) is 13.8 Å². The first-order valence-corrected chi connectivity index (χ1v) is 5.37. The van der Waals surface area contributed by atoms with E-state index in [0.29, 0.717) is 11.8 Å². The van der Waals surface area contributed by atoms with Gasteiger partial charge in [0.1, 0.15) is 0 Å². The van der Waals surface area contributed by atoms with Crippen molar-refractivity contribution < 1.29 is 14.6 Å². The quantitative estimate of drug-likeness (QED) is 0.760. The number of hydrogen-bond donors (Lipinski definition) is 1. The smallest absolute Gasteiger partial charge is 0.332 e. The van der Waals surface area contributed by atoms with E-state index in [1.807, 2.05) is 0 Å². The summed E-state index contributed by atoms with van der Waals surface area (Å²) in [4.78, 5) is 10.6. The minimum Gasteiger partial charge on any atom is -0.479 e. The zero-order chi connectivity index (χ0) is 10.7. The molecule has 1 aliphatic rings. The van der Waals surface area contributed by atoms with E-state index >= 15 is 0 Å². The fourth-order valence-corrected chi connectivity index (χ4v) is 2.33. The molecule has 0 amide bonds. The van der Waals surface area contributed by atoms with Crippen molar-refractivity contribution in [1.82, 2.24) is 0 Å². The predicted molar refractivity (Wildman–Crippen MR) is 54.1 cm³/mol. The van der Waals surface area contributed by atoms with Crippen molar-refractivity contribution in [3.05, 3.63) is 0 Å². The van der Waals surface area contributed by atoms with E-state index in [1.165, 1.54) is 6.42 Å². The van der Waals surface area contributed by atoms with Gasteiger partial charge in [-0.25, -0.2) is 4.79 Å². The van der Waals surface area contributed by atoms with Gasteiger partial charge in [-0.2, -0.15) is 0 Å². The van der Waals surface area contributed by atoms with E-state index in [1.54, 1.807) is 6.92 Å². The topological polar surface area (TPSA) is 46.5 Å². The summed E-state index contributed by atoms with van der Waals surface area (Å²) in [7, 11) is 0. The molecule has 0 heterocycles. The second kappa shape index (κ2) is 4.78. The summed E-state index contributed by atoms with van der Waals surface area (Å²) >= 11 is 0. The van der Waals surface area contributed by atoms with Gasteiger partial charge in [0.15, 0.2) is 6.10 Å². The van der Waals surface area contributed by atoms with Crippen LogP contribution in [0.1, 0.15) is 40.0 Å². The van der Waals surface area contributed by atoms with Gasteiger partial charge in [-0.05, 0) is 38.0 Å². The molecule has 1 fully saturated rings. The Morgan fingerprint density at radius 2 is 1.79 bits per heavy atom. The highest BCUT2D eigenvalue weighted by Gasteiger charge is 2.27. The highest BCUT2D eigenvalue weighted by atomic mass is 16.5. The maximum atomic E-state index is 10.6. The Bertz CT molecular complexity index is 193. The minimum atomic E-state index is -0.865. The van der Waals surface area contributed by atoms with Crippen LogP contribution in [0.15, 0.2) is 0 Å². The maximum absolute atomic E-state index is 10.6. The van der Waals surface area contributed by atoms with Crippen molar-refractivity contribution in [2.24, 2.45) is 11.8 Å². The lowest BCUT2D eigenvalue weighted by Crippen LogP contribution is -2.32. The zero-order valence-electron chi connectivity index (χ0n) is 9.19. The fraction of sp³-hybridized carbons (Fsp3) is 0.909. The van der Waals surface area contributed by atoms with Crippen molar-refractivity contribution in [2.75, 3.05) is 0 Å². The summed E-state index contributed by atoms with van der Waals surface area (Å²) in [6.45, 7) is 6.02. The Morgan fingerprint density at radius 3 is 2.21 bits per heavy atom. The molecule has 0 aromatic rings. The van der Waals surface area contributed by atoms with E-state index in [4.69, 9.17) is 9.84 Å². The van der Waals surface area contributed by atoms with Crippen LogP contribution in [0.25, 0.3) is 0 Å². The normalized spacial score (nSPS) is 35.2. The summed E-state index contributed by atoms with van der Waals surface area (Å²) < 4.78 is 5.49. The van der Waals surface area contributed by atoms with Gasteiger partial charge in [0.25, 0.3) is 0 Å². The summed E-state index contributed by atoms with van der Waals surface area (Å²) in [6.07, 6.45) is 2.71. The van der Waals surface area contributed by atoms with Crippen LogP contribution >= 0.6 is 0 Å². The lowest BCUT2D eigenvalue weighted by atomic mass is 9.82. The van der Waals surface area contributed by atoms with E-state index in [2.05, 4.69) is 13.8 Å². The van der Waals surface area contributed by atoms with Crippen LogP contribution in [0.5, 0.6) is 0 Å². The largest absolute Gasteiger partial charge is 0.479 e. The molecular formula is C11H20O3. The van der Waals surface area contributed by atoms with Crippen molar-refractivity contribution in [3.63, 3.8) is 0 Å². The van der Waals surface area contributed by atoms with Gasteiger partial charge >= 0.3 is 5.97 Å². The first kappa shape index (κ1) is 11.5. The monoisotopic (exact) mass is 200 g/mol. The molecule has 1 rings (SSSR count). The molecular weight excluding hydrogens is 180 g/mol. The Balaban J connectivity index is 2.40. The number of aliphatic carboxylic acids is 1. The molecule has 1 saturated carbocycles. The van der Waals surface area contributed by atoms with Crippen LogP contribution < -0.4 is 0 Å². The molecule has 2 unspecified atom stereocenters. The fourth-order valence-electron chi connectivity index (χ4n) is 2.33. The highest BCUT2D eigenvalue weighted by Crippen LogP contribution is 2.30. The Labute approximate surface area is 85.5 Å². The van der Waals surface area contributed by atoms with Gasteiger partial charge < -0.3 is 9.84 Å². The molecule has 3 nitrogen and oxygen atoms in total. The summed E-state index contributed by atoms with van der Waals surface area (Å²) in [5.74, 6) is 0.449. The average Bonchev–Trinajstić information content (AvgIpc) is 2.01. The van der Waals surface area contributed by atoms with Gasteiger partial charge in [-0.15, -0.1) is 0 Å². The standard InChI is InChI=1S/C11H20O3/c1-7-4-8(2)6-10(5-7)14-9(3)11(12)13/h7-10H,4-6H2,1-3H3,(H,12,13)/t7?,8?,9-,10?/m0/s1. The summed E-state index contributed by atoms with van der Waals surface area (Å²) in [6, 6.07) is 0. The summed E-state index contributed by atoms with van der Waals surface area (Å²) in [5.41, 5.74) is 0. The molecule has 0 spiro atoms. The third-order valence-electron chi connectivity index (χ3n) is 2.88. The van der Waals surface area contributed by atoms with E-state index in [-0.39, 0.29) is 6.10 Å². The van der Waals surface area contributed by atoms with Crippen LogP contribution in [-0.2, 0) is 9.53 Å². The number of carboxylic acid groups (broad SMARTS) is 1. The van der Waals surface area contributed by atoms with E-state index < -0.39 is 12.1 Å². The van der Waals surface area contributed by atoms with E-state index in [0.717, 1.165) is 12.8 Å². The number of carboxylic acids is 1. The number of hydrogen-bond acceptors (Lipinski definition) is 2. The SMILES string of the molecule is CC1CC(C)CC(O[C@@H](C)C(=O)O)C1. The van der Waals surface area contributed by atoms with Gasteiger partial charge in [0, 0.05) is 0 Å². The number of rotatable bonds is 3. The molecule has 0 saturated heterocycles. The Kier molecular flexibility index (Phi) is 3.93. The van der Waals surface area contributed by atoms with Crippen molar-refractivity contribution in [1.29, 1.82) is 0 Å². The van der Waals surface area contributed by atoms with Crippen LogP contribution in [-0.4, -0.2) is 23.3 Å². The van der Waals surface area contributed by atoms with Crippen LogP contribution in [0.3, 0.4) is 0 Å². The predicted octanol–water partition coefficient (Wildman–Crippen LogP) is 2.30. The molecule has 0 aromatic heterocycles. The molecule has 1 aliphatic carbocycles. The zero-order valence-corrected chi connectivity index (χ0v) is 9.19. The third kappa shape index (κ3) is 3.29. The molecule has 0 bridgehead atoms.